The Morgan fingerprint density at radius 2 is 1.63 bits per heavy atom. The van der Waals surface area contributed by atoms with Gasteiger partial charge in [-0.3, -0.25) is 9.89 Å². The number of nitrogens with one attached hydrogen (secondary N) is 1. The van der Waals surface area contributed by atoms with Crippen LogP contribution in [0.25, 0.3) is 22.5 Å². The molecular formula is C17H13N3O5S2. The van der Waals surface area contributed by atoms with Crippen molar-refractivity contribution in [2.75, 3.05) is 6.26 Å². The Kier molecular flexibility index (Phi) is 3.64. The third-order valence-electron chi connectivity index (χ3n) is 4.38. The number of benzene rings is 2. The maximum Gasteiger partial charge on any atom is 0.238 e. The number of fused-ring (bicyclic) bond motifs is 3. The number of sulfonamides is 1. The van der Waals surface area contributed by atoms with Gasteiger partial charge in [-0.05, 0) is 18.2 Å². The third-order valence-corrected chi connectivity index (χ3v) is 6.46. The number of hydrogen-bond acceptors (Lipinski definition) is 6. The zero-order chi connectivity index (χ0) is 19.6. The first-order valence-electron chi connectivity index (χ1n) is 7.69. The average Bonchev–Trinajstić information content (AvgIpc) is 3.14. The lowest BCUT2D eigenvalue weighted by molar-refractivity contribution is 0.104. The van der Waals surface area contributed by atoms with Gasteiger partial charge >= 0.3 is 0 Å². The monoisotopic (exact) mass is 403 g/mol. The summed E-state index contributed by atoms with van der Waals surface area (Å²) < 4.78 is 46.9. The summed E-state index contributed by atoms with van der Waals surface area (Å²) in [6, 6.07) is 10.3. The molecule has 0 saturated heterocycles. The Morgan fingerprint density at radius 1 is 0.963 bits per heavy atom. The molecule has 0 bridgehead atoms. The summed E-state index contributed by atoms with van der Waals surface area (Å²) in [4.78, 5) is 12.9. The van der Waals surface area contributed by atoms with Gasteiger partial charge in [-0.25, -0.2) is 22.0 Å². The van der Waals surface area contributed by atoms with E-state index in [0.29, 0.717) is 22.5 Å². The van der Waals surface area contributed by atoms with E-state index in [1.165, 1.54) is 24.3 Å². The van der Waals surface area contributed by atoms with Crippen LogP contribution in [-0.4, -0.2) is 39.1 Å². The van der Waals surface area contributed by atoms with E-state index in [2.05, 4.69) is 10.2 Å². The minimum Gasteiger partial charge on any atom is -0.288 e. The summed E-state index contributed by atoms with van der Waals surface area (Å²) >= 11 is 0. The first-order chi connectivity index (χ1) is 12.6. The summed E-state index contributed by atoms with van der Waals surface area (Å²) in [5.74, 6) is -0.499. The molecule has 0 aliphatic heterocycles. The van der Waals surface area contributed by atoms with E-state index >= 15 is 0 Å². The molecule has 0 fully saturated rings. The Morgan fingerprint density at radius 3 is 2.22 bits per heavy atom. The minimum absolute atomic E-state index is 0.0117. The highest BCUT2D eigenvalue weighted by Gasteiger charge is 2.36. The maximum absolute atomic E-state index is 13.0. The van der Waals surface area contributed by atoms with Crippen LogP contribution in [0.5, 0.6) is 0 Å². The molecule has 10 heteroatoms. The lowest BCUT2D eigenvalue weighted by atomic mass is 10.0. The number of hydrogen-bond donors (Lipinski definition) is 2. The second-order valence-electron chi connectivity index (χ2n) is 6.17. The van der Waals surface area contributed by atoms with E-state index in [-0.39, 0.29) is 20.9 Å². The highest BCUT2D eigenvalue weighted by molar-refractivity contribution is 7.90. The summed E-state index contributed by atoms with van der Waals surface area (Å²) in [5.41, 5.74) is 1.89. The fraction of sp³-hybridized carbons (Fsp3) is 0.0588. The molecule has 3 aromatic rings. The van der Waals surface area contributed by atoms with Crippen molar-refractivity contribution in [3.05, 3.63) is 53.6 Å². The van der Waals surface area contributed by atoms with Crippen molar-refractivity contribution in [2.24, 2.45) is 5.14 Å². The second-order valence-corrected chi connectivity index (χ2v) is 9.72. The van der Waals surface area contributed by atoms with Crippen LogP contribution in [0.15, 0.2) is 52.3 Å². The van der Waals surface area contributed by atoms with Crippen LogP contribution in [0.3, 0.4) is 0 Å². The molecular weight excluding hydrogens is 390 g/mol. The number of carbonyl (C=O) groups is 1. The highest BCUT2D eigenvalue weighted by Crippen LogP contribution is 2.42. The molecule has 0 unspecified atom stereocenters. The lowest BCUT2D eigenvalue weighted by Crippen LogP contribution is -2.16. The van der Waals surface area contributed by atoms with Crippen molar-refractivity contribution < 1.29 is 21.6 Å². The molecule has 0 radical (unpaired) electrons. The SMILES string of the molecule is CS(=O)(=O)c1ccc(-c2n[nH]c3c2C(=O)c2c-3cccc2S(N)(=O)=O)cc1. The number of ketones is 1. The van der Waals surface area contributed by atoms with Crippen molar-refractivity contribution in [3.63, 3.8) is 0 Å². The van der Waals surface area contributed by atoms with Crippen LogP contribution in [0.1, 0.15) is 15.9 Å². The number of aromatic nitrogens is 2. The number of nitrogens with two attached hydrogens (primary N) is 1. The molecule has 0 atom stereocenters. The topological polar surface area (TPSA) is 140 Å². The van der Waals surface area contributed by atoms with Gasteiger partial charge in [0.2, 0.25) is 10.0 Å². The highest BCUT2D eigenvalue weighted by atomic mass is 32.2. The molecule has 2 aromatic carbocycles. The molecule has 0 saturated carbocycles. The van der Waals surface area contributed by atoms with Crippen LogP contribution in [-0.2, 0) is 19.9 Å². The minimum atomic E-state index is -4.08. The smallest absolute Gasteiger partial charge is 0.238 e. The Balaban J connectivity index is 1.89. The van der Waals surface area contributed by atoms with E-state index in [1.807, 2.05) is 0 Å². The van der Waals surface area contributed by atoms with Crippen molar-refractivity contribution in [3.8, 4) is 22.5 Å². The van der Waals surface area contributed by atoms with Gasteiger partial charge in [-0.15, -0.1) is 0 Å². The number of primary sulfonamides is 1. The summed E-state index contributed by atoms with van der Waals surface area (Å²) in [5, 5.41) is 12.2. The number of sulfone groups is 1. The summed E-state index contributed by atoms with van der Waals surface area (Å²) in [7, 11) is -7.43. The number of carbonyl (C=O) groups excluding carboxylic acids is 1. The predicted molar refractivity (Wildman–Crippen MR) is 97.4 cm³/mol. The molecule has 138 valence electrons. The van der Waals surface area contributed by atoms with Crippen LogP contribution in [0.4, 0.5) is 0 Å². The number of rotatable bonds is 3. The van der Waals surface area contributed by atoms with Crippen LogP contribution >= 0.6 is 0 Å². The summed E-state index contributed by atoms with van der Waals surface area (Å²) in [6.45, 7) is 0. The maximum atomic E-state index is 13.0. The van der Waals surface area contributed by atoms with Gasteiger partial charge in [0, 0.05) is 17.4 Å². The lowest BCUT2D eigenvalue weighted by Gasteiger charge is -2.05. The normalized spacial score (nSPS) is 13.5. The van der Waals surface area contributed by atoms with Crippen LogP contribution in [0, 0.1) is 0 Å². The third kappa shape index (κ3) is 2.69. The molecule has 27 heavy (non-hydrogen) atoms. The van der Waals surface area contributed by atoms with Crippen molar-refractivity contribution >= 4 is 25.6 Å². The van der Waals surface area contributed by atoms with Gasteiger partial charge in [-0.2, -0.15) is 5.10 Å². The van der Waals surface area contributed by atoms with E-state index in [9.17, 15) is 21.6 Å². The van der Waals surface area contributed by atoms with Gasteiger partial charge in [0.25, 0.3) is 0 Å². The molecule has 1 aliphatic rings. The van der Waals surface area contributed by atoms with Crippen molar-refractivity contribution in [1.29, 1.82) is 0 Å². The second kappa shape index (κ2) is 5.59. The zero-order valence-electron chi connectivity index (χ0n) is 13.9. The van der Waals surface area contributed by atoms with Gasteiger partial charge in [0.15, 0.2) is 15.6 Å². The molecule has 1 aromatic heterocycles. The quantitative estimate of drug-likeness (QED) is 0.529. The van der Waals surface area contributed by atoms with E-state index in [1.54, 1.807) is 18.2 Å². The molecule has 4 rings (SSSR count). The molecule has 8 nitrogen and oxygen atoms in total. The Hall–Kier alpha value is -2.82. The van der Waals surface area contributed by atoms with Gasteiger partial charge < -0.3 is 0 Å². The van der Waals surface area contributed by atoms with Crippen molar-refractivity contribution in [2.45, 2.75) is 9.79 Å². The van der Waals surface area contributed by atoms with Crippen LogP contribution < -0.4 is 5.14 Å². The fourth-order valence-electron chi connectivity index (χ4n) is 3.16. The van der Waals surface area contributed by atoms with E-state index < -0.39 is 25.6 Å². The van der Waals surface area contributed by atoms with E-state index in [0.717, 1.165) is 6.26 Å². The fourth-order valence-corrected chi connectivity index (χ4v) is 4.55. The van der Waals surface area contributed by atoms with Crippen molar-refractivity contribution in [1.82, 2.24) is 10.2 Å². The first kappa shape index (κ1) is 17.6. The molecule has 1 aliphatic carbocycles. The van der Waals surface area contributed by atoms with Gasteiger partial charge in [0.05, 0.1) is 26.6 Å². The molecule has 1 heterocycles. The molecule has 0 spiro atoms. The number of nitrogens with zero attached hydrogens (tertiary/aromatic N) is 1. The standard InChI is InChI=1S/C17H13N3O5S2/c1-26(22,23)10-7-5-9(6-8-10)15-14-16(20-19-15)11-3-2-4-12(27(18,24)25)13(11)17(14)21/h2-8H,1H3,(H,19,20)(H2,18,24,25). The number of aromatic amines is 1. The summed E-state index contributed by atoms with van der Waals surface area (Å²) in [6.07, 6.45) is 1.10. The Labute approximate surface area is 155 Å². The Bertz CT molecular complexity index is 1320. The molecule has 0 amide bonds. The largest absolute Gasteiger partial charge is 0.288 e. The zero-order valence-corrected chi connectivity index (χ0v) is 15.6. The predicted octanol–water partition coefficient (Wildman–Crippen LogP) is 1.34. The number of H-pyrrole nitrogens is 1. The van der Waals surface area contributed by atoms with Gasteiger partial charge in [-0.1, -0.05) is 24.3 Å². The van der Waals surface area contributed by atoms with Gasteiger partial charge in [0.1, 0.15) is 5.69 Å². The first-order valence-corrected chi connectivity index (χ1v) is 11.1. The van der Waals surface area contributed by atoms with E-state index in [4.69, 9.17) is 5.14 Å². The molecule has 3 N–H and O–H groups in total. The van der Waals surface area contributed by atoms with Crippen LogP contribution in [0.2, 0.25) is 0 Å². The average molecular weight is 403 g/mol.